The minimum atomic E-state index is 0.905. The monoisotopic (exact) mass is 201 g/mol. The quantitative estimate of drug-likeness (QED) is 0.710. The molecule has 1 aromatic heterocycles. The Balaban J connectivity index is 2.25. The lowest BCUT2D eigenvalue weighted by atomic mass is 9.90. The van der Waals surface area contributed by atoms with Crippen LogP contribution in [-0.4, -0.2) is 12.3 Å². The van der Waals surface area contributed by atoms with Gasteiger partial charge in [-0.15, -0.1) is 0 Å². The highest BCUT2D eigenvalue weighted by molar-refractivity contribution is 5.73. The zero-order chi connectivity index (χ0) is 10.3. The Morgan fingerprint density at radius 3 is 3.07 bits per heavy atom. The lowest BCUT2D eigenvalue weighted by Crippen LogP contribution is -2.03. The number of ether oxygens (including phenoxy) is 1. The van der Waals surface area contributed by atoms with Gasteiger partial charge in [0.1, 0.15) is 11.5 Å². The summed E-state index contributed by atoms with van der Waals surface area (Å²) in [5.74, 6) is 1.94. The highest BCUT2D eigenvalue weighted by atomic mass is 16.5. The maximum Gasteiger partial charge on any atom is 0.144 e. The topological polar surface area (TPSA) is 35.3 Å². The van der Waals surface area contributed by atoms with Crippen LogP contribution in [-0.2, 0) is 12.8 Å². The molecule has 2 aromatic rings. The van der Waals surface area contributed by atoms with Crippen molar-refractivity contribution in [3.05, 3.63) is 35.7 Å². The Bertz CT molecular complexity index is 502. The number of aromatic nitrogens is 1. The molecular weight excluding hydrogens is 190 g/mol. The van der Waals surface area contributed by atoms with Crippen LogP contribution < -0.4 is 4.74 Å². The third-order valence-electron chi connectivity index (χ3n) is 2.89. The van der Waals surface area contributed by atoms with Gasteiger partial charge in [0, 0.05) is 17.5 Å². The SMILES string of the molecule is COc1cccc2c1CCc1oncc1-2. The summed E-state index contributed by atoms with van der Waals surface area (Å²) in [5.41, 5.74) is 3.56. The Hall–Kier alpha value is -1.77. The van der Waals surface area contributed by atoms with Crippen LogP contribution in [0.4, 0.5) is 0 Å². The van der Waals surface area contributed by atoms with Crippen LogP contribution in [0.15, 0.2) is 28.9 Å². The molecular formula is C12H11NO2. The molecule has 0 bridgehead atoms. The maximum absolute atomic E-state index is 5.35. The smallest absolute Gasteiger partial charge is 0.144 e. The molecule has 0 saturated heterocycles. The van der Waals surface area contributed by atoms with E-state index in [1.54, 1.807) is 13.3 Å². The average molecular weight is 201 g/mol. The summed E-state index contributed by atoms with van der Waals surface area (Å²) < 4.78 is 10.5. The van der Waals surface area contributed by atoms with E-state index in [-0.39, 0.29) is 0 Å². The molecule has 1 aromatic carbocycles. The summed E-state index contributed by atoms with van der Waals surface area (Å²) in [4.78, 5) is 0. The zero-order valence-electron chi connectivity index (χ0n) is 8.49. The van der Waals surface area contributed by atoms with Crippen LogP contribution in [0.3, 0.4) is 0 Å². The van der Waals surface area contributed by atoms with Gasteiger partial charge in [-0.3, -0.25) is 0 Å². The lowest BCUT2D eigenvalue weighted by molar-refractivity contribution is 0.379. The standard InChI is InChI=1S/C12H11NO2/c1-14-11-4-2-3-8-9(11)5-6-12-10(8)7-13-15-12/h2-4,7H,5-6H2,1H3. The van der Waals surface area contributed by atoms with E-state index in [0.717, 1.165) is 29.9 Å². The summed E-state index contributed by atoms with van der Waals surface area (Å²) >= 11 is 0. The number of methoxy groups -OCH3 is 1. The average Bonchev–Trinajstić information content (AvgIpc) is 2.76. The van der Waals surface area contributed by atoms with Gasteiger partial charge in [-0.05, 0) is 18.1 Å². The molecule has 0 saturated carbocycles. The second-order valence-corrected chi connectivity index (χ2v) is 3.65. The van der Waals surface area contributed by atoms with Crippen molar-refractivity contribution in [2.45, 2.75) is 12.8 Å². The van der Waals surface area contributed by atoms with Gasteiger partial charge in [0.25, 0.3) is 0 Å². The van der Waals surface area contributed by atoms with E-state index >= 15 is 0 Å². The lowest BCUT2D eigenvalue weighted by Gasteiger charge is -2.17. The molecule has 0 spiro atoms. The predicted octanol–water partition coefficient (Wildman–Crippen LogP) is 2.45. The van der Waals surface area contributed by atoms with Gasteiger partial charge >= 0.3 is 0 Å². The number of hydrogen-bond acceptors (Lipinski definition) is 3. The van der Waals surface area contributed by atoms with Gasteiger partial charge in [-0.25, -0.2) is 0 Å². The molecule has 0 fully saturated rings. The second kappa shape index (κ2) is 3.12. The highest BCUT2D eigenvalue weighted by Crippen LogP contribution is 2.37. The van der Waals surface area contributed by atoms with Crippen molar-refractivity contribution in [3.8, 4) is 16.9 Å². The number of hydrogen-bond donors (Lipinski definition) is 0. The first-order chi connectivity index (χ1) is 7.40. The third kappa shape index (κ3) is 1.16. The summed E-state index contributed by atoms with van der Waals surface area (Å²) in [6, 6.07) is 6.09. The Labute approximate surface area is 87.7 Å². The van der Waals surface area contributed by atoms with E-state index in [0.29, 0.717) is 0 Å². The third-order valence-corrected chi connectivity index (χ3v) is 2.89. The number of rotatable bonds is 1. The Morgan fingerprint density at radius 1 is 1.27 bits per heavy atom. The fourth-order valence-corrected chi connectivity index (χ4v) is 2.17. The molecule has 3 heteroatoms. The summed E-state index contributed by atoms with van der Waals surface area (Å²) in [6.07, 6.45) is 3.65. The summed E-state index contributed by atoms with van der Waals surface area (Å²) in [5, 5.41) is 3.84. The molecule has 76 valence electrons. The molecule has 3 nitrogen and oxygen atoms in total. The van der Waals surface area contributed by atoms with Gasteiger partial charge in [-0.1, -0.05) is 17.3 Å². The van der Waals surface area contributed by atoms with E-state index in [2.05, 4.69) is 11.2 Å². The first-order valence-electron chi connectivity index (χ1n) is 5.00. The molecule has 0 amide bonds. The van der Waals surface area contributed by atoms with Crippen LogP contribution in [0, 0.1) is 0 Å². The van der Waals surface area contributed by atoms with Gasteiger partial charge in [0.2, 0.25) is 0 Å². The Kier molecular flexibility index (Phi) is 1.78. The van der Waals surface area contributed by atoms with E-state index in [1.165, 1.54) is 11.1 Å². The molecule has 0 unspecified atom stereocenters. The molecule has 0 N–H and O–H groups in total. The molecule has 1 aliphatic carbocycles. The van der Waals surface area contributed by atoms with Gasteiger partial charge in [0.05, 0.1) is 13.3 Å². The predicted molar refractivity (Wildman–Crippen MR) is 55.9 cm³/mol. The summed E-state index contributed by atoms with van der Waals surface area (Å²) in [6.45, 7) is 0. The zero-order valence-corrected chi connectivity index (χ0v) is 8.49. The molecule has 1 aliphatic rings. The van der Waals surface area contributed by atoms with Crippen LogP contribution in [0.2, 0.25) is 0 Å². The minimum absolute atomic E-state index is 0.905. The van der Waals surface area contributed by atoms with Crippen LogP contribution in [0.1, 0.15) is 11.3 Å². The van der Waals surface area contributed by atoms with E-state index in [1.807, 2.05) is 12.1 Å². The maximum atomic E-state index is 5.35. The first-order valence-corrected chi connectivity index (χ1v) is 5.00. The summed E-state index contributed by atoms with van der Waals surface area (Å²) in [7, 11) is 1.71. The minimum Gasteiger partial charge on any atom is -0.496 e. The van der Waals surface area contributed by atoms with Crippen molar-refractivity contribution in [2.24, 2.45) is 0 Å². The fourth-order valence-electron chi connectivity index (χ4n) is 2.17. The number of aryl methyl sites for hydroxylation is 1. The van der Waals surface area contributed by atoms with E-state index < -0.39 is 0 Å². The van der Waals surface area contributed by atoms with Gasteiger partial charge in [0.15, 0.2) is 0 Å². The van der Waals surface area contributed by atoms with Crippen LogP contribution >= 0.6 is 0 Å². The molecule has 3 rings (SSSR count). The number of nitrogens with zero attached hydrogens (tertiary/aromatic N) is 1. The van der Waals surface area contributed by atoms with Crippen molar-refractivity contribution in [1.29, 1.82) is 0 Å². The molecule has 0 atom stereocenters. The van der Waals surface area contributed by atoms with Crippen molar-refractivity contribution in [1.82, 2.24) is 5.16 Å². The van der Waals surface area contributed by atoms with Crippen molar-refractivity contribution in [2.75, 3.05) is 7.11 Å². The van der Waals surface area contributed by atoms with Gasteiger partial charge < -0.3 is 9.26 Å². The molecule has 1 heterocycles. The molecule has 0 radical (unpaired) electrons. The van der Waals surface area contributed by atoms with E-state index in [9.17, 15) is 0 Å². The normalized spacial score (nSPS) is 13.1. The first kappa shape index (κ1) is 8.53. The molecule has 0 aliphatic heterocycles. The highest BCUT2D eigenvalue weighted by Gasteiger charge is 2.21. The second-order valence-electron chi connectivity index (χ2n) is 3.65. The van der Waals surface area contributed by atoms with Crippen molar-refractivity contribution < 1.29 is 9.26 Å². The van der Waals surface area contributed by atoms with Crippen LogP contribution in [0.25, 0.3) is 11.1 Å². The Morgan fingerprint density at radius 2 is 2.20 bits per heavy atom. The number of benzene rings is 1. The van der Waals surface area contributed by atoms with Crippen molar-refractivity contribution >= 4 is 0 Å². The molecule has 15 heavy (non-hydrogen) atoms. The number of fused-ring (bicyclic) bond motifs is 3. The van der Waals surface area contributed by atoms with Crippen LogP contribution in [0.5, 0.6) is 5.75 Å². The van der Waals surface area contributed by atoms with Gasteiger partial charge in [-0.2, -0.15) is 0 Å². The van der Waals surface area contributed by atoms with Crippen molar-refractivity contribution in [3.63, 3.8) is 0 Å². The fraction of sp³-hybridized carbons (Fsp3) is 0.250. The largest absolute Gasteiger partial charge is 0.496 e. The van der Waals surface area contributed by atoms with E-state index in [4.69, 9.17) is 9.26 Å².